The molecule has 0 radical (unpaired) electrons. The first-order valence-electron chi connectivity index (χ1n) is 8.72. The topological polar surface area (TPSA) is 69.5 Å². The number of methoxy groups -OCH3 is 1. The van der Waals surface area contributed by atoms with Crippen LogP contribution in [0.15, 0.2) is 42.6 Å². The van der Waals surface area contributed by atoms with Crippen molar-refractivity contribution in [2.24, 2.45) is 0 Å². The van der Waals surface area contributed by atoms with Gasteiger partial charge in [0.25, 0.3) is 0 Å². The number of pyridine rings is 1. The number of carbonyl (C=O) groups is 1. The van der Waals surface area contributed by atoms with Crippen LogP contribution in [-0.2, 0) is 11.2 Å². The third-order valence-electron chi connectivity index (χ3n) is 4.63. The van der Waals surface area contributed by atoms with Gasteiger partial charge in [-0.05, 0) is 36.2 Å². The maximum Gasteiger partial charge on any atom is 0.223 e. The summed E-state index contributed by atoms with van der Waals surface area (Å²) >= 11 is 0. The van der Waals surface area contributed by atoms with E-state index in [1.165, 1.54) is 0 Å². The lowest BCUT2D eigenvalue weighted by Crippen LogP contribution is -2.49. The molecule has 0 unspecified atom stereocenters. The van der Waals surface area contributed by atoms with Crippen molar-refractivity contribution in [3.63, 3.8) is 0 Å². The molecule has 2 heterocycles. The predicted molar refractivity (Wildman–Crippen MR) is 99.1 cm³/mol. The number of piperazine rings is 1. The van der Waals surface area contributed by atoms with Crippen LogP contribution in [-0.4, -0.2) is 49.1 Å². The van der Waals surface area contributed by atoms with Crippen molar-refractivity contribution < 1.29 is 9.53 Å². The SMILES string of the molecule is COc1ccc(CCC(=O)N2CCN(c3ncccc3C#N)CC2)cc1. The number of carbonyl (C=O) groups excluding carboxylic acids is 1. The van der Waals surface area contributed by atoms with E-state index in [9.17, 15) is 10.1 Å². The fraction of sp³-hybridized carbons (Fsp3) is 0.350. The number of nitriles is 1. The Morgan fingerprint density at radius 1 is 1.19 bits per heavy atom. The lowest BCUT2D eigenvalue weighted by Gasteiger charge is -2.35. The maximum absolute atomic E-state index is 12.5. The monoisotopic (exact) mass is 350 g/mol. The highest BCUT2D eigenvalue weighted by Gasteiger charge is 2.23. The van der Waals surface area contributed by atoms with Crippen molar-refractivity contribution >= 4 is 11.7 Å². The first-order chi connectivity index (χ1) is 12.7. The first kappa shape index (κ1) is 17.7. The maximum atomic E-state index is 12.5. The molecule has 0 N–H and O–H groups in total. The Kier molecular flexibility index (Phi) is 5.69. The summed E-state index contributed by atoms with van der Waals surface area (Å²) in [5, 5.41) is 9.21. The minimum Gasteiger partial charge on any atom is -0.497 e. The van der Waals surface area contributed by atoms with Gasteiger partial charge in [0, 0.05) is 38.8 Å². The third-order valence-corrected chi connectivity index (χ3v) is 4.63. The molecule has 1 aliphatic rings. The highest BCUT2D eigenvalue weighted by molar-refractivity contribution is 5.76. The van der Waals surface area contributed by atoms with Gasteiger partial charge in [-0.15, -0.1) is 0 Å². The van der Waals surface area contributed by atoms with Crippen LogP contribution in [0.2, 0.25) is 0 Å². The van der Waals surface area contributed by atoms with Gasteiger partial charge < -0.3 is 14.5 Å². The Labute approximate surface area is 153 Å². The van der Waals surface area contributed by atoms with Crippen LogP contribution in [0.3, 0.4) is 0 Å². The summed E-state index contributed by atoms with van der Waals surface area (Å²) in [6, 6.07) is 13.5. The van der Waals surface area contributed by atoms with Gasteiger partial charge in [-0.1, -0.05) is 12.1 Å². The van der Waals surface area contributed by atoms with Crippen molar-refractivity contribution in [2.45, 2.75) is 12.8 Å². The molecule has 0 aliphatic carbocycles. The van der Waals surface area contributed by atoms with E-state index in [1.807, 2.05) is 29.2 Å². The molecule has 1 aromatic heterocycles. The van der Waals surface area contributed by atoms with Crippen LogP contribution in [0.1, 0.15) is 17.5 Å². The van der Waals surface area contributed by atoms with Gasteiger partial charge in [0.05, 0.1) is 12.7 Å². The average Bonchev–Trinajstić information content (AvgIpc) is 2.72. The molecule has 1 saturated heterocycles. The van der Waals surface area contributed by atoms with Crippen molar-refractivity contribution in [1.82, 2.24) is 9.88 Å². The molecule has 1 aromatic carbocycles. The summed E-state index contributed by atoms with van der Waals surface area (Å²) in [6.07, 6.45) is 2.92. The van der Waals surface area contributed by atoms with E-state index in [2.05, 4.69) is 16.0 Å². The molecule has 0 saturated carbocycles. The summed E-state index contributed by atoms with van der Waals surface area (Å²) in [6.45, 7) is 2.70. The van der Waals surface area contributed by atoms with E-state index < -0.39 is 0 Å². The smallest absolute Gasteiger partial charge is 0.223 e. The number of aryl methyl sites for hydroxylation is 1. The largest absolute Gasteiger partial charge is 0.497 e. The van der Waals surface area contributed by atoms with Crippen molar-refractivity contribution in [3.05, 3.63) is 53.7 Å². The van der Waals surface area contributed by atoms with Gasteiger partial charge in [0.15, 0.2) is 0 Å². The van der Waals surface area contributed by atoms with E-state index in [1.54, 1.807) is 25.4 Å². The second kappa shape index (κ2) is 8.34. The second-order valence-corrected chi connectivity index (χ2v) is 6.20. The van der Waals surface area contributed by atoms with Crippen LogP contribution in [0.4, 0.5) is 5.82 Å². The zero-order chi connectivity index (χ0) is 18.4. The number of aromatic nitrogens is 1. The minimum atomic E-state index is 0.169. The second-order valence-electron chi connectivity index (χ2n) is 6.20. The zero-order valence-corrected chi connectivity index (χ0v) is 14.9. The molecule has 1 aliphatic heterocycles. The number of anilines is 1. The molecule has 6 heteroatoms. The number of ether oxygens (including phenoxy) is 1. The number of benzene rings is 1. The van der Waals surface area contributed by atoms with Gasteiger partial charge in [-0.25, -0.2) is 4.98 Å². The number of nitrogens with zero attached hydrogens (tertiary/aromatic N) is 4. The van der Waals surface area contributed by atoms with E-state index in [0.29, 0.717) is 44.0 Å². The molecule has 134 valence electrons. The van der Waals surface area contributed by atoms with Crippen LogP contribution in [0.5, 0.6) is 5.75 Å². The Balaban J connectivity index is 1.51. The van der Waals surface area contributed by atoms with Gasteiger partial charge in [0.2, 0.25) is 5.91 Å². The predicted octanol–water partition coefficient (Wildman–Crippen LogP) is 2.24. The summed E-state index contributed by atoms with van der Waals surface area (Å²) < 4.78 is 5.15. The minimum absolute atomic E-state index is 0.169. The summed E-state index contributed by atoms with van der Waals surface area (Å²) in [4.78, 5) is 20.8. The molecule has 1 fully saturated rings. The zero-order valence-electron chi connectivity index (χ0n) is 14.9. The number of hydrogen-bond acceptors (Lipinski definition) is 5. The standard InChI is InChI=1S/C20H22N4O2/c1-26-18-7-4-16(5-8-18)6-9-19(25)23-11-13-24(14-12-23)20-17(15-21)3-2-10-22-20/h2-5,7-8,10H,6,9,11-14H2,1H3. The Morgan fingerprint density at radius 2 is 1.92 bits per heavy atom. The average molecular weight is 350 g/mol. The molecular formula is C20H22N4O2. The normalized spacial score (nSPS) is 14.0. The number of hydrogen-bond donors (Lipinski definition) is 0. The van der Waals surface area contributed by atoms with Crippen LogP contribution in [0, 0.1) is 11.3 Å². The molecule has 6 nitrogen and oxygen atoms in total. The third kappa shape index (κ3) is 4.12. The Hall–Kier alpha value is -3.07. The van der Waals surface area contributed by atoms with E-state index in [4.69, 9.17) is 4.74 Å². The van der Waals surface area contributed by atoms with E-state index in [-0.39, 0.29) is 5.91 Å². The highest BCUT2D eigenvalue weighted by atomic mass is 16.5. The fourth-order valence-electron chi connectivity index (χ4n) is 3.11. The fourth-order valence-corrected chi connectivity index (χ4v) is 3.11. The van der Waals surface area contributed by atoms with Gasteiger partial charge in [-0.2, -0.15) is 5.26 Å². The summed E-state index contributed by atoms with van der Waals surface area (Å²) in [7, 11) is 1.64. The highest BCUT2D eigenvalue weighted by Crippen LogP contribution is 2.19. The molecular weight excluding hydrogens is 328 g/mol. The molecule has 0 spiro atoms. The first-order valence-corrected chi connectivity index (χ1v) is 8.72. The van der Waals surface area contributed by atoms with Crippen LogP contribution >= 0.6 is 0 Å². The molecule has 3 rings (SSSR count). The summed E-state index contributed by atoms with van der Waals surface area (Å²) in [5.74, 6) is 1.70. The van der Waals surface area contributed by atoms with Crippen molar-refractivity contribution in [2.75, 3.05) is 38.2 Å². The Bertz CT molecular complexity index is 790. The molecule has 0 bridgehead atoms. The number of amides is 1. The van der Waals surface area contributed by atoms with Crippen LogP contribution in [0.25, 0.3) is 0 Å². The van der Waals surface area contributed by atoms with Crippen LogP contribution < -0.4 is 9.64 Å². The molecule has 26 heavy (non-hydrogen) atoms. The van der Waals surface area contributed by atoms with E-state index >= 15 is 0 Å². The van der Waals surface area contributed by atoms with E-state index in [0.717, 1.165) is 17.7 Å². The van der Waals surface area contributed by atoms with Gasteiger partial charge in [0.1, 0.15) is 17.6 Å². The lowest BCUT2D eigenvalue weighted by molar-refractivity contribution is -0.131. The molecule has 2 aromatic rings. The van der Waals surface area contributed by atoms with Gasteiger partial charge in [-0.3, -0.25) is 4.79 Å². The molecule has 0 atom stereocenters. The Morgan fingerprint density at radius 3 is 2.58 bits per heavy atom. The molecule has 1 amide bonds. The van der Waals surface area contributed by atoms with Crippen molar-refractivity contribution in [3.8, 4) is 11.8 Å². The summed E-state index contributed by atoms with van der Waals surface area (Å²) in [5.41, 5.74) is 1.71. The quantitative estimate of drug-likeness (QED) is 0.827. The number of rotatable bonds is 5. The lowest BCUT2D eigenvalue weighted by atomic mass is 10.1. The van der Waals surface area contributed by atoms with Crippen molar-refractivity contribution in [1.29, 1.82) is 5.26 Å². The van der Waals surface area contributed by atoms with Gasteiger partial charge >= 0.3 is 0 Å².